The Morgan fingerprint density at radius 3 is 2.73 bits per heavy atom. The minimum Gasteiger partial charge on any atom is -0.351 e. The molecule has 1 aromatic rings. The van der Waals surface area contributed by atoms with E-state index in [1.54, 1.807) is 6.20 Å². The van der Waals surface area contributed by atoms with Crippen LogP contribution in [0.2, 0.25) is 0 Å². The molecule has 0 spiro atoms. The van der Waals surface area contributed by atoms with Crippen molar-refractivity contribution >= 4 is 17.8 Å². The van der Waals surface area contributed by atoms with Gasteiger partial charge in [-0.1, -0.05) is 25.6 Å². The fraction of sp³-hybridized carbons (Fsp3) is 0.600. The smallest absolute Gasteiger partial charge is 0.325 e. The normalized spacial score (nSPS) is 10.9. The molecule has 0 aliphatic heterocycles. The molecule has 0 radical (unpaired) electrons. The van der Waals surface area contributed by atoms with E-state index >= 15 is 0 Å². The van der Waals surface area contributed by atoms with Gasteiger partial charge in [0.05, 0.1) is 5.69 Å². The molecule has 0 aliphatic carbocycles. The summed E-state index contributed by atoms with van der Waals surface area (Å²) in [5.74, 6) is 0.640. The van der Waals surface area contributed by atoms with Crippen LogP contribution >= 0.6 is 11.8 Å². The van der Waals surface area contributed by atoms with Gasteiger partial charge in [0.1, 0.15) is 0 Å². The molecule has 0 aromatic carbocycles. The first kappa shape index (κ1) is 12.1. The zero-order valence-corrected chi connectivity index (χ0v) is 10.2. The van der Waals surface area contributed by atoms with Gasteiger partial charge < -0.3 is 5.73 Å². The zero-order valence-electron chi connectivity index (χ0n) is 9.36. The maximum Gasteiger partial charge on any atom is 0.325 e. The molecule has 1 amide bonds. The molecule has 1 heterocycles. The Morgan fingerprint density at radius 2 is 2.33 bits per heavy atom. The van der Waals surface area contributed by atoms with Gasteiger partial charge in [-0.15, -0.1) is 0 Å². The van der Waals surface area contributed by atoms with E-state index in [0.717, 1.165) is 18.5 Å². The largest absolute Gasteiger partial charge is 0.351 e. The first-order valence-electron chi connectivity index (χ1n) is 4.96. The standard InChI is InChI=1S/C10H17N3OS/c1-7(2)4-5-8-6-13(9(11)14)10(12-8)15-3/h6-7H,4-5H2,1-3H3,(H2,11,14). The highest BCUT2D eigenvalue weighted by Gasteiger charge is 2.10. The number of primary amides is 1. The molecular weight excluding hydrogens is 210 g/mol. The van der Waals surface area contributed by atoms with Crippen LogP contribution < -0.4 is 5.73 Å². The third-order valence-corrected chi connectivity index (χ3v) is 2.77. The molecule has 0 bridgehead atoms. The summed E-state index contributed by atoms with van der Waals surface area (Å²) in [7, 11) is 0. The number of carbonyl (C=O) groups excluding carboxylic acids is 1. The summed E-state index contributed by atoms with van der Waals surface area (Å²) in [6.45, 7) is 4.33. The van der Waals surface area contributed by atoms with Gasteiger partial charge in [0, 0.05) is 6.20 Å². The van der Waals surface area contributed by atoms with E-state index in [1.165, 1.54) is 16.3 Å². The third kappa shape index (κ3) is 3.27. The number of thioether (sulfide) groups is 1. The molecule has 1 rings (SSSR count). The highest BCUT2D eigenvalue weighted by Crippen LogP contribution is 2.16. The monoisotopic (exact) mass is 227 g/mol. The van der Waals surface area contributed by atoms with Crippen LogP contribution in [0.5, 0.6) is 0 Å². The summed E-state index contributed by atoms with van der Waals surface area (Å²) in [5.41, 5.74) is 6.17. The van der Waals surface area contributed by atoms with E-state index < -0.39 is 6.03 Å². The lowest BCUT2D eigenvalue weighted by Crippen LogP contribution is -2.19. The SMILES string of the molecule is CSc1nc(CCC(C)C)cn1C(N)=O. The highest BCUT2D eigenvalue weighted by atomic mass is 32.2. The minimum absolute atomic E-state index is 0.470. The fourth-order valence-electron chi connectivity index (χ4n) is 1.27. The van der Waals surface area contributed by atoms with Gasteiger partial charge in [-0.3, -0.25) is 0 Å². The van der Waals surface area contributed by atoms with Crippen LogP contribution in [0.1, 0.15) is 26.0 Å². The quantitative estimate of drug-likeness (QED) is 0.801. The lowest BCUT2D eigenvalue weighted by Gasteiger charge is -2.00. The van der Waals surface area contributed by atoms with Crippen LogP contribution in [0, 0.1) is 5.92 Å². The molecule has 0 aliphatic rings. The molecule has 4 nitrogen and oxygen atoms in total. The Kier molecular flexibility index (Phi) is 4.20. The van der Waals surface area contributed by atoms with Crippen molar-refractivity contribution in [1.29, 1.82) is 0 Å². The minimum atomic E-state index is -0.470. The number of imidazole rings is 1. The number of carbonyl (C=O) groups is 1. The van der Waals surface area contributed by atoms with Gasteiger partial charge in [-0.05, 0) is 25.0 Å². The Morgan fingerprint density at radius 1 is 1.67 bits per heavy atom. The van der Waals surface area contributed by atoms with Crippen molar-refractivity contribution in [1.82, 2.24) is 9.55 Å². The topological polar surface area (TPSA) is 60.9 Å². The molecule has 2 N–H and O–H groups in total. The number of rotatable bonds is 4. The van der Waals surface area contributed by atoms with Crippen molar-refractivity contribution in [3.8, 4) is 0 Å². The van der Waals surface area contributed by atoms with Crippen LogP contribution in [0.15, 0.2) is 11.4 Å². The maximum atomic E-state index is 11.1. The lowest BCUT2D eigenvalue weighted by molar-refractivity contribution is 0.248. The molecule has 5 heteroatoms. The molecule has 84 valence electrons. The van der Waals surface area contributed by atoms with E-state index in [0.29, 0.717) is 11.1 Å². The molecular formula is C10H17N3OS. The van der Waals surface area contributed by atoms with Crippen molar-refractivity contribution in [2.45, 2.75) is 31.8 Å². The first-order valence-corrected chi connectivity index (χ1v) is 6.19. The fourth-order valence-corrected chi connectivity index (χ4v) is 1.82. The van der Waals surface area contributed by atoms with Crippen LogP contribution in [-0.2, 0) is 6.42 Å². The summed E-state index contributed by atoms with van der Waals surface area (Å²) in [6.07, 6.45) is 5.58. The van der Waals surface area contributed by atoms with Crippen LogP contribution in [0.3, 0.4) is 0 Å². The number of aromatic nitrogens is 2. The highest BCUT2D eigenvalue weighted by molar-refractivity contribution is 7.98. The molecule has 0 unspecified atom stereocenters. The maximum absolute atomic E-state index is 11.1. The molecule has 1 aromatic heterocycles. The van der Waals surface area contributed by atoms with Gasteiger partial charge in [0.2, 0.25) is 0 Å². The second kappa shape index (κ2) is 5.21. The van der Waals surface area contributed by atoms with Gasteiger partial charge >= 0.3 is 6.03 Å². The molecule has 15 heavy (non-hydrogen) atoms. The van der Waals surface area contributed by atoms with Crippen LogP contribution in [0.4, 0.5) is 4.79 Å². The number of hydrogen-bond donors (Lipinski definition) is 1. The zero-order chi connectivity index (χ0) is 11.4. The number of aryl methyl sites for hydroxylation is 1. The third-order valence-electron chi connectivity index (χ3n) is 2.12. The molecule has 0 saturated carbocycles. The lowest BCUT2D eigenvalue weighted by atomic mass is 10.1. The Hall–Kier alpha value is -0.970. The first-order chi connectivity index (χ1) is 7.04. The van der Waals surface area contributed by atoms with E-state index in [-0.39, 0.29) is 0 Å². The van der Waals surface area contributed by atoms with Crippen molar-refractivity contribution in [3.05, 3.63) is 11.9 Å². The van der Waals surface area contributed by atoms with E-state index in [1.807, 2.05) is 6.26 Å². The van der Waals surface area contributed by atoms with Gasteiger partial charge in [0.15, 0.2) is 5.16 Å². The summed E-state index contributed by atoms with van der Waals surface area (Å²) < 4.78 is 1.40. The van der Waals surface area contributed by atoms with Crippen molar-refractivity contribution in [3.63, 3.8) is 0 Å². The average molecular weight is 227 g/mol. The molecule has 0 saturated heterocycles. The Labute approximate surface area is 94.2 Å². The number of nitrogens with zero attached hydrogens (tertiary/aromatic N) is 2. The summed E-state index contributed by atoms with van der Waals surface area (Å²) >= 11 is 1.43. The van der Waals surface area contributed by atoms with E-state index in [4.69, 9.17) is 5.73 Å². The van der Waals surface area contributed by atoms with Gasteiger partial charge in [-0.2, -0.15) is 0 Å². The predicted molar refractivity (Wildman–Crippen MR) is 62.1 cm³/mol. The number of nitrogens with two attached hydrogens (primary N) is 1. The van der Waals surface area contributed by atoms with Crippen molar-refractivity contribution in [2.75, 3.05) is 6.26 Å². The summed E-state index contributed by atoms with van der Waals surface area (Å²) in [5, 5.41) is 0.668. The number of amides is 1. The number of hydrogen-bond acceptors (Lipinski definition) is 3. The van der Waals surface area contributed by atoms with E-state index in [2.05, 4.69) is 18.8 Å². The van der Waals surface area contributed by atoms with Gasteiger partial charge in [0.25, 0.3) is 0 Å². The molecule has 0 fully saturated rings. The van der Waals surface area contributed by atoms with Crippen LogP contribution in [0.25, 0.3) is 0 Å². The van der Waals surface area contributed by atoms with Crippen molar-refractivity contribution < 1.29 is 4.79 Å². The molecule has 0 atom stereocenters. The Balaban J connectivity index is 2.78. The second-order valence-electron chi connectivity index (χ2n) is 3.86. The predicted octanol–water partition coefficient (Wildman–Crippen LogP) is 2.12. The van der Waals surface area contributed by atoms with Crippen LogP contribution in [-0.4, -0.2) is 21.8 Å². The van der Waals surface area contributed by atoms with Crippen molar-refractivity contribution in [2.24, 2.45) is 11.7 Å². The Bertz CT molecular complexity index is 346. The van der Waals surface area contributed by atoms with E-state index in [9.17, 15) is 4.79 Å². The van der Waals surface area contributed by atoms with Gasteiger partial charge in [-0.25, -0.2) is 14.3 Å². The average Bonchev–Trinajstić information content (AvgIpc) is 2.57. The summed E-state index contributed by atoms with van der Waals surface area (Å²) in [6, 6.07) is -0.470. The summed E-state index contributed by atoms with van der Waals surface area (Å²) in [4.78, 5) is 15.4. The second-order valence-corrected chi connectivity index (χ2v) is 4.63.